The number of halogens is 1. The van der Waals surface area contributed by atoms with Gasteiger partial charge in [-0.25, -0.2) is 0 Å². The molecule has 13 heavy (non-hydrogen) atoms. The van der Waals surface area contributed by atoms with Crippen LogP contribution in [0.15, 0.2) is 6.08 Å². The highest BCUT2D eigenvalue weighted by atomic mass is 35.5. The lowest BCUT2D eigenvalue weighted by Gasteiger charge is -1.93. The predicted molar refractivity (Wildman–Crippen MR) is 58.8 cm³/mol. The molecule has 70 valence electrons. The van der Waals surface area contributed by atoms with Crippen LogP contribution in [0.5, 0.6) is 0 Å². The summed E-state index contributed by atoms with van der Waals surface area (Å²) < 4.78 is 1.68. The van der Waals surface area contributed by atoms with Crippen LogP contribution in [0.1, 0.15) is 11.4 Å². The normalized spacial score (nSPS) is 11.8. The quantitative estimate of drug-likeness (QED) is 0.603. The topological polar surface area (TPSA) is 43.8 Å². The van der Waals surface area contributed by atoms with Crippen LogP contribution in [0.3, 0.4) is 0 Å². The first-order valence-corrected chi connectivity index (χ1v) is 4.53. The number of hydrogen-bond acceptors (Lipinski definition) is 3. The third kappa shape index (κ3) is 1.89. The Kier molecular flexibility index (Phi) is 3.06. The number of thiocarbonyl (C=S) groups is 1. The average molecular weight is 216 g/mol. The summed E-state index contributed by atoms with van der Waals surface area (Å²) >= 11 is 10.6. The molecule has 0 spiro atoms. The lowest BCUT2D eigenvalue weighted by atomic mass is 10.3. The zero-order valence-corrected chi connectivity index (χ0v) is 8.99. The van der Waals surface area contributed by atoms with Crippen molar-refractivity contribution in [1.82, 2.24) is 9.78 Å². The van der Waals surface area contributed by atoms with Gasteiger partial charge >= 0.3 is 0 Å². The van der Waals surface area contributed by atoms with Gasteiger partial charge in [0.25, 0.3) is 0 Å². The van der Waals surface area contributed by atoms with Crippen LogP contribution >= 0.6 is 23.8 Å². The molecule has 0 saturated carbocycles. The molecule has 5 heteroatoms. The number of allylic oxidation sites excluding steroid dienone is 1. The van der Waals surface area contributed by atoms with Crippen molar-refractivity contribution in [3.8, 4) is 0 Å². The smallest absolute Gasteiger partial charge is 0.127 e. The fraction of sp³-hybridized carbons (Fsp3) is 0.250. The average Bonchev–Trinajstić information content (AvgIpc) is 2.33. The van der Waals surface area contributed by atoms with E-state index in [1.54, 1.807) is 10.8 Å². The fourth-order valence-electron chi connectivity index (χ4n) is 0.919. The molecule has 0 bridgehead atoms. The van der Waals surface area contributed by atoms with Crippen LogP contribution in [0, 0.1) is 6.92 Å². The predicted octanol–water partition coefficient (Wildman–Crippen LogP) is 1.68. The maximum atomic E-state index is 5.99. The lowest BCUT2D eigenvalue weighted by Crippen LogP contribution is -1.99. The molecule has 0 aliphatic rings. The van der Waals surface area contributed by atoms with Crippen molar-refractivity contribution in [2.24, 2.45) is 12.8 Å². The molecule has 0 saturated heterocycles. The molecule has 1 aromatic rings. The summed E-state index contributed by atoms with van der Waals surface area (Å²) in [6.07, 6.45) is 1.60. The van der Waals surface area contributed by atoms with E-state index in [2.05, 4.69) is 17.3 Å². The number of nitrogens with zero attached hydrogens (tertiary/aromatic N) is 2. The third-order valence-corrected chi connectivity index (χ3v) is 2.37. The summed E-state index contributed by atoms with van der Waals surface area (Å²) in [6, 6.07) is 0. The molecule has 1 heterocycles. The molecule has 2 N–H and O–H groups in total. The standard InChI is InChI=1S/C8H10ClN3S/c1-5-7(9)8(11-12(5)2)6(10)3-4-13/h3-4H,10H2,1-2H3. The Bertz CT molecular complexity index is 368. The summed E-state index contributed by atoms with van der Waals surface area (Å²) in [5, 5.41) is 6.17. The Balaban J connectivity index is 3.23. The van der Waals surface area contributed by atoms with Gasteiger partial charge in [-0.05, 0) is 13.0 Å². The van der Waals surface area contributed by atoms with Crippen LogP contribution in [-0.2, 0) is 7.05 Å². The van der Waals surface area contributed by atoms with Crippen molar-refractivity contribution >= 4 is 34.9 Å². The number of aromatic nitrogens is 2. The zero-order chi connectivity index (χ0) is 10.0. The second-order valence-corrected chi connectivity index (χ2v) is 3.28. The lowest BCUT2D eigenvalue weighted by molar-refractivity contribution is 0.736. The van der Waals surface area contributed by atoms with Gasteiger partial charge in [0.05, 0.1) is 16.4 Å². The van der Waals surface area contributed by atoms with E-state index in [-0.39, 0.29) is 0 Å². The van der Waals surface area contributed by atoms with Gasteiger partial charge in [0.2, 0.25) is 0 Å². The van der Waals surface area contributed by atoms with Crippen LogP contribution in [0.25, 0.3) is 5.70 Å². The van der Waals surface area contributed by atoms with Gasteiger partial charge < -0.3 is 5.73 Å². The Labute approximate surface area is 87.2 Å². The SMILES string of the molecule is Cc1c(Cl)c(C(N)=CC=S)nn1C. The minimum Gasteiger partial charge on any atom is -0.397 e. The minimum absolute atomic E-state index is 0.490. The molecule has 0 radical (unpaired) electrons. The molecular formula is C8H10ClN3S. The molecule has 0 aliphatic heterocycles. The number of rotatable bonds is 2. The van der Waals surface area contributed by atoms with E-state index in [4.69, 9.17) is 17.3 Å². The van der Waals surface area contributed by atoms with E-state index in [1.165, 1.54) is 5.37 Å². The van der Waals surface area contributed by atoms with Crippen LogP contribution in [0.4, 0.5) is 0 Å². The second-order valence-electron chi connectivity index (χ2n) is 2.63. The third-order valence-electron chi connectivity index (χ3n) is 1.78. The molecular weight excluding hydrogens is 206 g/mol. The summed E-state index contributed by atoms with van der Waals surface area (Å²) in [7, 11) is 1.81. The molecule has 0 unspecified atom stereocenters. The number of nitrogens with two attached hydrogens (primary N) is 1. The van der Waals surface area contributed by atoms with Gasteiger partial charge in [0.1, 0.15) is 5.69 Å². The Morgan fingerprint density at radius 1 is 1.69 bits per heavy atom. The van der Waals surface area contributed by atoms with Gasteiger partial charge in [0, 0.05) is 12.4 Å². The monoisotopic (exact) mass is 215 g/mol. The Hall–Kier alpha value is -0.870. The molecule has 1 rings (SSSR count). The van der Waals surface area contributed by atoms with Gasteiger partial charge in [0.15, 0.2) is 0 Å². The first-order chi connectivity index (χ1) is 6.07. The molecule has 0 amide bonds. The van der Waals surface area contributed by atoms with E-state index >= 15 is 0 Å². The van der Waals surface area contributed by atoms with Gasteiger partial charge in [-0.3, -0.25) is 4.68 Å². The van der Waals surface area contributed by atoms with Crippen molar-refractivity contribution in [1.29, 1.82) is 0 Å². The van der Waals surface area contributed by atoms with E-state index < -0.39 is 0 Å². The van der Waals surface area contributed by atoms with E-state index in [1.807, 2.05) is 14.0 Å². The minimum atomic E-state index is 0.490. The summed E-state index contributed by atoms with van der Waals surface area (Å²) in [4.78, 5) is 0. The first-order valence-electron chi connectivity index (χ1n) is 3.68. The molecule has 1 aromatic heterocycles. The summed E-state index contributed by atoms with van der Waals surface area (Å²) in [5.74, 6) is 0. The van der Waals surface area contributed by atoms with Gasteiger partial charge in [-0.15, -0.1) is 0 Å². The summed E-state index contributed by atoms with van der Waals surface area (Å²) in [6.45, 7) is 1.88. The number of hydrogen-bond donors (Lipinski definition) is 1. The number of aryl methyl sites for hydroxylation is 1. The van der Waals surface area contributed by atoms with Crippen LogP contribution in [-0.4, -0.2) is 15.1 Å². The van der Waals surface area contributed by atoms with Crippen molar-refractivity contribution in [2.45, 2.75) is 6.92 Å². The van der Waals surface area contributed by atoms with Gasteiger partial charge in [-0.2, -0.15) is 5.10 Å². The molecule has 0 fully saturated rings. The van der Waals surface area contributed by atoms with E-state index in [9.17, 15) is 0 Å². The molecule has 0 aromatic carbocycles. The van der Waals surface area contributed by atoms with Crippen LogP contribution < -0.4 is 5.73 Å². The highest BCUT2D eigenvalue weighted by Crippen LogP contribution is 2.22. The Morgan fingerprint density at radius 2 is 2.31 bits per heavy atom. The van der Waals surface area contributed by atoms with E-state index in [0.717, 1.165) is 5.69 Å². The largest absolute Gasteiger partial charge is 0.397 e. The highest BCUT2D eigenvalue weighted by molar-refractivity contribution is 7.79. The highest BCUT2D eigenvalue weighted by Gasteiger charge is 2.11. The molecule has 0 atom stereocenters. The Morgan fingerprint density at radius 3 is 2.69 bits per heavy atom. The first kappa shape index (κ1) is 10.2. The van der Waals surface area contributed by atoms with Crippen molar-refractivity contribution < 1.29 is 0 Å². The van der Waals surface area contributed by atoms with E-state index in [0.29, 0.717) is 16.4 Å². The maximum absolute atomic E-state index is 5.99. The van der Waals surface area contributed by atoms with Crippen molar-refractivity contribution in [3.05, 3.63) is 22.5 Å². The second kappa shape index (κ2) is 3.89. The van der Waals surface area contributed by atoms with Gasteiger partial charge in [-0.1, -0.05) is 23.8 Å². The zero-order valence-electron chi connectivity index (χ0n) is 7.41. The maximum Gasteiger partial charge on any atom is 0.127 e. The molecule has 3 nitrogen and oxygen atoms in total. The van der Waals surface area contributed by atoms with Crippen LogP contribution in [0.2, 0.25) is 5.02 Å². The summed E-state index contributed by atoms with van der Waals surface area (Å²) in [5.41, 5.74) is 7.65. The van der Waals surface area contributed by atoms with Crippen molar-refractivity contribution in [2.75, 3.05) is 0 Å². The van der Waals surface area contributed by atoms with Crippen molar-refractivity contribution in [3.63, 3.8) is 0 Å². The fourth-order valence-corrected chi connectivity index (χ4v) is 1.33. The molecule has 0 aliphatic carbocycles.